The fraction of sp³-hybridized carbons (Fsp3) is 0.267. The molecule has 0 aliphatic carbocycles. The fourth-order valence-corrected chi connectivity index (χ4v) is 2.61. The first-order chi connectivity index (χ1) is 9.29. The van der Waals surface area contributed by atoms with Crippen molar-refractivity contribution in [2.45, 2.75) is 6.42 Å². The number of fused-ring (bicyclic) bond motifs is 1. The largest absolute Gasteiger partial charge is 0.466 e. The lowest BCUT2D eigenvalue weighted by atomic mass is 10.0. The lowest BCUT2D eigenvalue weighted by Crippen LogP contribution is -2.15. The SMILES string of the molecule is COC(=O)/C=C1\CC(c2ccccc2)=C2NCCN21. The predicted octanol–water partition coefficient (Wildman–Crippen LogP) is 1.72. The zero-order valence-corrected chi connectivity index (χ0v) is 10.8. The lowest BCUT2D eigenvalue weighted by molar-refractivity contribution is -0.134. The molecule has 0 spiro atoms. The van der Waals surface area contributed by atoms with Gasteiger partial charge in [0.15, 0.2) is 0 Å². The highest BCUT2D eigenvalue weighted by atomic mass is 16.5. The number of carbonyl (C=O) groups excluding carboxylic acids is 1. The fourth-order valence-electron chi connectivity index (χ4n) is 2.61. The second kappa shape index (κ2) is 4.80. The van der Waals surface area contributed by atoms with Crippen molar-refractivity contribution in [1.29, 1.82) is 0 Å². The van der Waals surface area contributed by atoms with Crippen LogP contribution >= 0.6 is 0 Å². The van der Waals surface area contributed by atoms with Crippen molar-refractivity contribution < 1.29 is 9.53 Å². The average Bonchev–Trinajstić information content (AvgIpc) is 3.03. The van der Waals surface area contributed by atoms with Gasteiger partial charge < -0.3 is 15.0 Å². The molecule has 3 rings (SSSR count). The van der Waals surface area contributed by atoms with E-state index in [0.29, 0.717) is 0 Å². The molecule has 4 nitrogen and oxygen atoms in total. The molecule has 0 atom stereocenters. The first kappa shape index (κ1) is 11.8. The molecule has 4 heteroatoms. The highest BCUT2D eigenvalue weighted by Gasteiger charge is 2.31. The van der Waals surface area contributed by atoms with Gasteiger partial charge in [0.25, 0.3) is 0 Å². The van der Waals surface area contributed by atoms with Crippen LogP contribution in [0.2, 0.25) is 0 Å². The summed E-state index contributed by atoms with van der Waals surface area (Å²) in [4.78, 5) is 13.6. The van der Waals surface area contributed by atoms with Crippen LogP contribution in [-0.2, 0) is 9.53 Å². The zero-order valence-electron chi connectivity index (χ0n) is 10.8. The molecule has 0 unspecified atom stereocenters. The molecular formula is C15H16N2O2. The van der Waals surface area contributed by atoms with Gasteiger partial charge >= 0.3 is 5.97 Å². The zero-order chi connectivity index (χ0) is 13.2. The number of carbonyl (C=O) groups is 1. The molecule has 0 radical (unpaired) electrons. The third-order valence-electron chi connectivity index (χ3n) is 3.50. The van der Waals surface area contributed by atoms with Crippen LogP contribution in [0.4, 0.5) is 0 Å². The Balaban J connectivity index is 1.96. The minimum atomic E-state index is -0.296. The van der Waals surface area contributed by atoms with Crippen LogP contribution in [0.5, 0.6) is 0 Å². The molecular weight excluding hydrogens is 240 g/mol. The van der Waals surface area contributed by atoms with Crippen molar-refractivity contribution in [3.05, 3.63) is 53.5 Å². The van der Waals surface area contributed by atoms with Gasteiger partial charge in [0.05, 0.1) is 7.11 Å². The summed E-state index contributed by atoms with van der Waals surface area (Å²) < 4.78 is 4.72. The van der Waals surface area contributed by atoms with Crippen LogP contribution in [0.3, 0.4) is 0 Å². The number of hydrogen-bond donors (Lipinski definition) is 1. The van der Waals surface area contributed by atoms with E-state index in [2.05, 4.69) is 22.3 Å². The summed E-state index contributed by atoms with van der Waals surface area (Å²) in [7, 11) is 1.41. The lowest BCUT2D eigenvalue weighted by Gasteiger charge is -2.14. The molecule has 0 aromatic heterocycles. The molecule has 1 aromatic carbocycles. The summed E-state index contributed by atoms with van der Waals surface area (Å²) in [5.74, 6) is 0.830. The number of nitrogens with zero attached hydrogens (tertiary/aromatic N) is 1. The molecule has 0 saturated carbocycles. The maximum atomic E-state index is 11.4. The normalized spacial score (nSPS) is 19.6. The van der Waals surface area contributed by atoms with Crippen LogP contribution in [0.1, 0.15) is 12.0 Å². The molecule has 2 heterocycles. The molecule has 0 bridgehead atoms. The van der Waals surface area contributed by atoms with Crippen LogP contribution in [0.15, 0.2) is 47.9 Å². The van der Waals surface area contributed by atoms with Crippen molar-refractivity contribution in [3.8, 4) is 0 Å². The number of nitrogens with one attached hydrogen (secondary N) is 1. The summed E-state index contributed by atoms with van der Waals surface area (Å²) in [5.41, 5.74) is 3.45. The van der Waals surface area contributed by atoms with Gasteiger partial charge in [0.2, 0.25) is 0 Å². The number of allylic oxidation sites excluding steroid dienone is 1. The highest BCUT2D eigenvalue weighted by molar-refractivity contribution is 5.85. The van der Waals surface area contributed by atoms with E-state index in [9.17, 15) is 4.79 Å². The Labute approximate surface area is 112 Å². The smallest absolute Gasteiger partial charge is 0.332 e. The van der Waals surface area contributed by atoms with Crippen molar-refractivity contribution in [2.75, 3.05) is 20.2 Å². The summed E-state index contributed by atoms with van der Waals surface area (Å²) in [6.45, 7) is 1.80. The first-order valence-electron chi connectivity index (χ1n) is 6.38. The van der Waals surface area contributed by atoms with E-state index in [1.807, 2.05) is 18.2 Å². The van der Waals surface area contributed by atoms with E-state index >= 15 is 0 Å². The highest BCUT2D eigenvalue weighted by Crippen LogP contribution is 2.38. The third-order valence-corrected chi connectivity index (χ3v) is 3.50. The van der Waals surface area contributed by atoms with Crippen LogP contribution < -0.4 is 5.32 Å². The van der Waals surface area contributed by atoms with Crippen molar-refractivity contribution in [2.24, 2.45) is 0 Å². The molecule has 98 valence electrons. The minimum absolute atomic E-state index is 0.296. The van der Waals surface area contributed by atoms with Crippen LogP contribution in [0, 0.1) is 0 Å². The number of ether oxygens (including phenoxy) is 1. The number of hydrogen-bond acceptors (Lipinski definition) is 4. The third kappa shape index (κ3) is 2.10. The van der Waals surface area contributed by atoms with E-state index in [1.165, 1.54) is 18.2 Å². The predicted molar refractivity (Wildman–Crippen MR) is 72.8 cm³/mol. The second-order valence-corrected chi connectivity index (χ2v) is 4.61. The van der Waals surface area contributed by atoms with E-state index < -0.39 is 0 Å². The quantitative estimate of drug-likeness (QED) is 0.646. The van der Waals surface area contributed by atoms with E-state index in [4.69, 9.17) is 4.74 Å². The Morgan fingerprint density at radius 2 is 2.16 bits per heavy atom. The topological polar surface area (TPSA) is 41.6 Å². The van der Waals surface area contributed by atoms with Gasteiger partial charge in [0.1, 0.15) is 5.82 Å². The van der Waals surface area contributed by atoms with Gasteiger partial charge in [0, 0.05) is 36.9 Å². The molecule has 0 amide bonds. The van der Waals surface area contributed by atoms with Crippen LogP contribution in [0.25, 0.3) is 5.57 Å². The van der Waals surface area contributed by atoms with E-state index in [-0.39, 0.29) is 5.97 Å². The standard InChI is InChI=1S/C15H16N2O2/c1-19-14(18)10-12-9-13(11-5-3-2-4-6-11)15-16-7-8-17(12)15/h2-6,10,16H,7-9H2,1H3/b12-10+. The van der Waals surface area contributed by atoms with E-state index in [1.54, 1.807) is 6.08 Å². The summed E-state index contributed by atoms with van der Waals surface area (Å²) in [5, 5.41) is 3.40. The van der Waals surface area contributed by atoms with Crippen molar-refractivity contribution >= 4 is 11.5 Å². The molecule has 1 aromatic rings. The molecule has 2 aliphatic rings. The Morgan fingerprint density at radius 3 is 2.89 bits per heavy atom. The van der Waals surface area contributed by atoms with Gasteiger partial charge in [-0.05, 0) is 5.56 Å². The van der Waals surface area contributed by atoms with Gasteiger partial charge in [-0.2, -0.15) is 0 Å². The van der Waals surface area contributed by atoms with Gasteiger partial charge in [-0.1, -0.05) is 30.3 Å². The summed E-state index contributed by atoms with van der Waals surface area (Å²) in [6.07, 6.45) is 2.35. The summed E-state index contributed by atoms with van der Waals surface area (Å²) >= 11 is 0. The van der Waals surface area contributed by atoms with Gasteiger partial charge in [-0.3, -0.25) is 0 Å². The van der Waals surface area contributed by atoms with Crippen LogP contribution in [-0.4, -0.2) is 31.1 Å². The molecule has 2 aliphatic heterocycles. The first-order valence-corrected chi connectivity index (χ1v) is 6.38. The van der Waals surface area contributed by atoms with Gasteiger partial charge in [-0.25, -0.2) is 4.79 Å². The Bertz CT molecular complexity index is 561. The maximum absolute atomic E-state index is 11.4. The summed E-state index contributed by atoms with van der Waals surface area (Å²) in [6, 6.07) is 10.3. The molecule has 19 heavy (non-hydrogen) atoms. The van der Waals surface area contributed by atoms with E-state index in [0.717, 1.165) is 31.0 Å². The van der Waals surface area contributed by atoms with Gasteiger partial charge in [-0.15, -0.1) is 0 Å². The average molecular weight is 256 g/mol. The Kier molecular flexibility index (Phi) is 2.99. The Hall–Kier alpha value is -2.23. The molecule has 1 N–H and O–H groups in total. The minimum Gasteiger partial charge on any atom is -0.466 e. The number of methoxy groups -OCH3 is 1. The second-order valence-electron chi connectivity index (χ2n) is 4.61. The van der Waals surface area contributed by atoms with Crippen molar-refractivity contribution in [1.82, 2.24) is 10.2 Å². The number of esters is 1. The maximum Gasteiger partial charge on any atom is 0.332 e. The Morgan fingerprint density at radius 1 is 1.37 bits per heavy atom. The molecule has 1 fully saturated rings. The monoisotopic (exact) mass is 256 g/mol. The molecule has 1 saturated heterocycles. The number of benzene rings is 1. The number of rotatable bonds is 2. The van der Waals surface area contributed by atoms with Crippen molar-refractivity contribution in [3.63, 3.8) is 0 Å².